The number of carbonyl (C=O) groups is 1. The van der Waals surface area contributed by atoms with Crippen molar-refractivity contribution in [3.05, 3.63) is 95.3 Å². The topological polar surface area (TPSA) is 53.8 Å². The molecule has 0 saturated carbocycles. The van der Waals surface area contributed by atoms with Crippen LogP contribution in [0.5, 0.6) is 0 Å². The molecule has 0 saturated heterocycles. The number of halogens is 2. The van der Waals surface area contributed by atoms with Crippen LogP contribution in [0.1, 0.15) is 5.56 Å². The molecule has 0 radical (unpaired) electrons. The molecule has 3 rings (SSSR count). The van der Waals surface area contributed by atoms with E-state index < -0.39 is 11.7 Å². The van der Waals surface area contributed by atoms with Crippen molar-refractivity contribution >= 4 is 40.6 Å². The first-order valence-electron chi connectivity index (χ1n) is 8.12. The number of rotatable bonds is 5. The Morgan fingerprint density at radius 1 is 0.889 bits per heavy atom. The van der Waals surface area contributed by atoms with Crippen LogP contribution in [-0.4, -0.2) is 5.91 Å². The number of carbonyl (C=O) groups excluding carboxylic acids is 1. The molecule has 4 nitrogen and oxygen atoms in total. The number of hydrogen-bond donors (Lipinski definition) is 1. The third-order valence-electron chi connectivity index (χ3n) is 3.57. The highest BCUT2D eigenvalue weighted by Gasteiger charge is 2.04. The van der Waals surface area contributed by atoms with Gasteiger partial charge in [0.05, 0.1) is 16.4 Å². The van der Waals surface area contributed by atoms with Crippen LogP contribution in [-0.2, 0) is 4.79 Å². The van der Waals surface area contributed by atoms with Crippen molar-refractivity contribution in [2.45, 2.75) is 0 Å². The first-order chi connectivity index (χ1) is 13.1. The summed E-state index contributed by atoms with van der Waals surface area (Å²) in [5.74, 6) is -0.882. The number of hydrogen-bond acceptors (Lipinski definition) is 3. The number of benzene rings is 3. The molecule has 134 valence electrons. The Morgan fingerprint density at radius 3 is 2.22 bits per heavy atom. The number of azo groups is 1. The summed E-state index contributed by atoms with van der Waals surface area (Å²) in [6.45, 7) is 0. The lowest BCUT2D eigenvalue weighted by atomic mass is 10.2. The Morgan fingerprint density at radius 2 is 1.56 bits per heavy atom. The summed E-state index contributed by atoms with van der Waals surface area (Å²) in [6.07, 6.45) is 2.57. The molecule has 0 aliphatic rings. The second kappa shape index (κ2) is 8.87. The molecule has 0 spiro atoms. The minimum absolute atomic E-state index is 0.172. The Labute approximate surface area is 161 Å². The lowest BCUT2D eigenvalue weighted by Crippen LogP contribution is -2.07. The van der Waals surface area contributed by atoms with Crippen molar-refractivity contribution in [1.82, 2.24) is 0 Å². The molecule has 3 aromatic rings. The van der Waals surface area contributed by atoms with Gasteiger partial charge in [0.25, 0.3) is 0 Å². The lowest BCUT2D eigenvalue weighted by Gasteiger charge is -2.03. The van der Waals surface area contributed by atoms with Gasteiger partial charge in [-0.25, -0.2) is 4.39 Å². The molecule has 3 aromatic carbocycles. The zero-order chi connectivity index (χ0) is 19.1. The molecule has 0 heterocycles. The summed E-state index contributed by atoms with van der Waals surface area (Å²) in [4.78, 5) is 12.0. The summed E-state index contributed by atoms with van der Waals surface area (Å²) < 4.78 is 13.7. The minimum Gasteiger partial charge on any atom is -0.323 e. The van der Waals surface area contributed by atoms with E-state index in [0.717, 1.165) is 5.69 Å². The van der Waals surface area contributed by atoms with Gasteiger partial charge in [-0.1, -0.05) is 35.9 Å². The maximum atomic E-state index is 13.7. The van der Waals surface area contributed by atoms with Gasteiger partial charge in [0.1, 0.15) is 5.82 Å². The zero-order valence-electron chi connectivity index (χ0n) is 14.1. The fourth-order valence-electron chi connectivity index (χ4n) is 2.23. The highest BCUT2D eigenvalue weighted by Crippen LogP contribution is 2.21. The molecule has 1 amide bonds. The predicted molar refractivity (Wildman–Crippen MR) is 106 cm³/mol. The number of nitrogens with one attached hydrogen (secondary N) is 1. The van der Waals surface area contributed by atoms with E-state index in [1.165, 1.54) is 24.3 Å². The van der Waals surface area contributed by atoms with Gasteiger partial charge in [0.2, 0.25) is 5.91 Å². The SMILES string of the molecule is O=C(/C=C/c1c(F)cccc1Cl)Nc1ccc(N=Nc2ccccc2)cc1. The molecule has 0 bridgehead atoms. The number of anilines is 1. The van der Waals surface area contributed by atoms with Gasteiger partial charge in [0.15, 0.2) is 0 Å². The average Bonchev–Trinajstić information content (AvgIpc) is 2.68. The fourth-order valence-corrected chi connectivity index (χ4v) is 2.46. The van der Waals surface area contributed by atoms with Crippen molar-refractivity contribution in [2.75, 3.05) is 5.32 Å². The standard InChI is InChI=1S/C21H15ClFN3O/c22-19-7-4-8-20(23)18(19)13-14-21(27)24-15-9-11-17(12-10-15)26-25-16-5-2-1-3-6-16/h1-14H,(H,24,27)/b14-13+,26-25?. The number of nitrogens with zero attached hydrogens (tertiary/aromatic N) is 2. The summed E-state index contributed by atoms with van der Waals surface area (Å²) in [7, 11) is 0. The van der Waals surface area contributed by atoms with E-state index in [1.807, 2.05) is 30.3 Å². The maximum Gasteiger partial charge on any atom is 0.248 e. The minimum atomic E-state index is -0.486. The van der Waals surface area contributed by atoms with Crippen LogP contribution in [0.4, 0.5) is 21.5 Å². The van der Waals surface area contributed by atoms with Crippen molar-refractivity contribution in [3.8, 4) is 0 Å². The van der Waals surface area contributed by atoms with Crippen LogP contribution in [0.2, 0.25) is 5.02 Å². The van der Waals surface area contributed by atoms with E-state index in [1.54, 1.807) is 30.3 Å². The van der Waals surface area contributed by atoms with Gasteiger partial charge >= 0.3 is 0 Å². The van der Waals surface area contributed by atoms with Crippen LogP contribution >= 0.6 is 11.6 Å². The first-order valence-corrected chi connectivity index (χ1v) is 8.49. The van der Waals surface area contributed by atoms with E-state index in [2.05, 4.69) is 15.5 Å². The normalized spacial score (nSPS) is 11.2. The van der Waals surface area contributed by atoms with Crippen LogP contribution in [0.25, 0.3) is 6.08 Å². The second-order valence-electron chi connectivity index (χ2n) is 5.54. The van der Waals surface area contributed by atoms with Gasteiger partial charge in [-0.15, -0.1) is 0 Å². The molecule has 0 aliphatic heterocycles. The van der Waals surface area contributed by atoms with E-state index in [0.29, 0.717) is 11.4 Å². The summed E-state index contributed by atoms with van der Waals surface area (Å²) >= 11 is 5.92. The molecule has 0 aliphatic carbocycles. The highest BCUT2D eigenvalue weighted by molar-refractivity contribution is 6.32. The van der Waals surface area contributed by atoms with Crippen molar-refractivity contribution in [1.29, 1.82) is 0 Å². The molecule has 0 aromatic heterocycles. The molecule has 0 fully saturated rings. The smallest absolute Gasteiger partial charge is 0.248 e. The highest BCUT2D eigenvalue weighted by atomic mass is 35.5. The summed E-state index contributed by atoms with van der Waals surface area (Å²) in [5, 5.41) is 11.2. The van der Waals surface area contributed by atoms with Gasteiger partial charge in [-0.05, 0) is 54.6 Å². The zero-order valence-corrected chi connectivity index (χ0v) is 14.9. The molecule has 6 heteroatoms. The monoisotopic (exact) mass is 379 g/mol. The molecular weight excluding hydrogens is 365 g/mol. The maximum absolute atomic E-state index is 13.7. The Bertz CT molecular complexity index is 966. The van der Waals surface area contributed by atoms with Crippen LogP contribution in [0, 0.1) is 5.82 Å². The average molecular weight is 380 g/mol. The van der Waals surface area contributed by atoms with E-state index in [-0.39, 0.29) is 10.6 Å². The van der Waals surface area contributed by atoms with Crippen molar-refractivity contribution < 1.29 is 9.18 Å². The summed E-state index contributed by atoms with van der Waals surface area (Å²) in [6, 6.07) is 20.6. The van der Waals surface area contributed by atoms with Crippen LogP contribution in [0.15, 0.2) is 89.1 Å². The Hall–Kier alpha value is -3.31. The third-order valence-corrected chi connectivity index (χ3v) is 3.90. The van der Waals surface area contributed by atoms with Crippen LogP contribution in [0.3, 0.4) is 0 Å². The van der Waals surface area contributed by atoms with Gasteiger partial charge in [-0.3, -0.25) is 4.79 Å². The lowest BCUT2D eigenvalue weighted by molar-refractivity contribution is -0.111. The summed E-state index contributed by atoms with van der Waals surface area (Å²) in [5.41, 5.74) is 2.17. The van der Waals surface area contributed by atoms with Gasteiger partial charge < -0.3 is 5.32 Å². The Balaban J connectivity index is 1.62. The fraction of sp³-hybridized carbons (Fsp3) is 0. The van der Waals surface area contributed by atoms with Crippen molar-refractivity contribution in [3.63, 3.8) is 0 Å². The van der Waals surface area contributed by atoms with E-state index >= 15 is 0 Å². The van der Waals surface area contributed by atoms with E-state index in [4.69, 9.17) is 11.6 Å². The molecule has 0 unspecified atom stereocenters. The van der Waals surface area contributed by atoms with Gasteiger partial charge in [0, 0.05) is 17.3 Å². The predicted octanol–water partition coefficient (Wildman–Crippen LogP) is 6.55. The Kier molecular flexibility index (Phi) is 6.07. The number of amides is 1. The first kappa shape index (κ1) is 18.5. The van der Waals surface area contributed by atoms with Gasteiger partial charge in [-0.2, -0.15) is 10.2 Å². The molecule has 1 N–H and O–H groups in total. The molecule has 27 heavy (non-hydrogen) atoms. The largest absolute Gasteiger partial charge is 0.323 e. The molecule has 0 atom stereocenters. The second-order valence-corrected chi connectivity index (χ2v) is 5.95. The van der Waals surface area contributed by atoms with Crippen molar-refractivity contribution in [2.24, 2.45) is 10.2 Å². The third kappa shape index (κ3) is 5.33. The quantitative estimate of drug-likeness (QED) is 0.396. The van der Waals surface area contributed by atoms with E-state index in [9.17, 15) is 9.18 Å². The van der Waals surface area contributed by atoms with Crippen LogP contribution < -0.4 is 5.32 Å². The molecular formula is C21H15ClFN3O.